The van der Waals surface area contributed by atoms with E-state index in [9.17, 15) is 19.5 Å². The van der Waals surface area contributed by atoms with Gasteiger partial charge in [-0.2, -0.15) is 0 Å². The van der Waals surface area contributed by atoms with E-state index in [0.717, 1.165) is 17.3 Å². The number of imide groups is 1. The first-order valence-corrected chi connectivity index (χ1v) is 9.86. The highest BCUT2D eigenvalue weighted by atomic mass is 32.2. The van der Waals surface area contributed by atoms with Crippen molar-refractivity contribution in [1.29, 1.82) is 0 Å². The molecule has 1 fully saturated rings. The second-order valence-corrected chi connectivity index (χ2v) is 7.78. The van der Waals surface area contributed by atoms with Crippen LogP contribution < -0.4 is 14.8 Å². The number of nitrogens with one attached hydrogen (secondary N) is 1. The molecule has 0 spiro atoms. The Balaban J connectivity index is 1.28. The van der Waals surface area contributed by atoms with Gasteiger partial charge in [-0.15, -0.1) is 0 Å². The van der Waals surface area contributed by atoms with Crippen LogP contribution in [0.5, 0.6) is 17.2 Å². The first kappa shape index (κ1) is 19.1. The van der Waals surface area contributed by atoms with Gasteiger partial charge in [0.15, 0.2) is 6.73 Å². The molecule has 29 heavy (non-hydrogen) atoms. The van der Waals surface area contributed by atoms with E-state index >= 15 is 0 Å². The summed E-state index contributed by atoms with van der Waals surface area (Å²) in [4.78, 5) is 36.9. The smallest absolute Gasteiger partial charge is 0.286 e. The summed E-state index contributed by atoms with van der Waals surface area (Å²) in [7, 11) is 0. The monoisotopic (exact) mass is 414 g/mol. The molecule has 2 aliphatic heterocycles. The maximum Gasteiger partial charge on any atom is 0.286 e. The summed E-state index contributed by atoms with van der Waals surface area (Å²) in [6, 6.07) is 11.7. The number of benzene rings is 2. The molecule has 0 bridgehead atoms. The van der Waals surface area contributed by atoms with E-state index in [1.54, 1.807) is 12.1 Å². The third kappa shape index (κ3) is 4.29. The van der Waals surface area contributed by atoms with Gasteiger partial charge in [-0.25, -0.2) is 0 Å². The van der Waals surface area contributed by atoms with Crippen LogP contribution in [0.2, 0.25) is 0 Å². The van der Waals surface area contributed by atoms with E-state index in [1.807, 2.05) is 12.1 Å². The van der Waals surface area contributed by atoms with Gasteiger partial charge in [0.25, 0.3) is 11.1 Å². The van der Waals surface area contributed by atoms with Gasteiger partial charge in [0.1, 0.15) is 23.9 Å². The lowest BCUT2D eigenvalue weighted by atomic mass is 10.1. The molecule has 0 aromatic heterocycles. The Morgan fingerprint density at radius 1 is 1.17 bits per heavy atom. The fourth-order valence-corrected chi connectivity index (χ4v) is 3.95. The Morgan fingerprint density at radius 2 is 1.97 bits per heavy atom. The van der Waals surface area contributed by atoms with Crippen LogP contribution in [-0.2, 0) is 11.2 Å². The van der Waals surface area contributed by atoms with Crippen molar-refractivity contribution < 1.29 is 29.0 Å². The van der Waals surface area contributed by atoms with Crippen molar-refractivity contribution in [2.45, 2.75) is 11.7 Å². The summed E-state index contributed by atoms with van der Waals surface area (Å²) in [5, 5.41) is 11.0. The molecule has 9 heteroatoms. The second-order valence-electron chi connectivity index (χ2n) is 6.60. The fraction of sp³-hybridized carbons (Fsp3) is 0.250. The SMILES string of the molecule is O=C1NC(=O)C(Cc2ccc(OCCN3COc4cc(O)ccc4C3=O)cc2)S1. The van der Waals surface area contributed by atoms with Crippen LogP contribution in [0.25, 0.3) is 0 Å². The van der Waals surface area contributed by atoms with Crippen molar-refractivity contribution >= 4 is 28.8 Å². The van der Waals surface area contributed by atoms with E-state index in [4.69, 9.17) is 9.47 Å². The van der Waals surface area contributed by atoms with Crippen molar-refractivity contribution in [3.05, 3.63) is 53.6 Å². The van der Waals surface area contributed by atoms with Gasteiger partial charge >= 0.3 is 0 Å². The van der Waals surface area contributed by atoms with E-state index < -0.39 is 5.25 Å². The standard InChI is InChI=1S/C20H18N2O6S/c23-13-3-6-15-16(10-13)28-11-22(19(15)25)7-8-27-14-4-1-12(2-5-14)9-17-18(24)21-20(26)29-17/h1-6,10,17,23H,7-9,11H2,(H,21,24,26). The van der Waals surface area contributed by atoms with Crippen molar-refractivity contribution in [3.8, 4) is 17.2 Å². The van der Waals surface area contributed by atoms with Crippen LogP contribution in [0.3, 0.4) is 0 Å². The van der Waals surface area contributed by atoms with Crippen LogP contribution >= 0.6 is 11.8 Å². The van der Waals surface area contributed by atoms with Crippen LogP contribution in [0.15, 0.2) is 42.5 Å². The molecule has 1 saturated heterocycles. The molecule has 0 aliphatic carbocycles. The maximum absolute atomic E-state index is 12.5. The highest BCUT2D eigenvalue weighted by molar-refractivity contribution is 8.15. The summed E-state index contributed by atoms with van der Waals surface area (Å²) in [5.41, 5.74) is 1.34. The molecule has 8 nitrogen and oxygen atoms in total. The average molecular weight is 414 g/mol. The Labute approximate surface area is 170 Å². The maximum atomic E-state index is 12.5. The largest absolute Gasteiger partial charge is 0.508 e. The summed E-state index contributed by atoms with van der Waals surface area (Å²) in [6.07, 6.45) is 0.469. The lowest BCUT2D eigenvalue weighted by molar-refractivity contribution is -0.118. The Kier molecular flexibility index (Phi) is 5.30. The topological polar surface area (TPSA) is 105 Å². The second kappa shape index (κ2) is 8.04. The number of amides is 3. The molecule has 1 unspecified atom stereocenters. The third-order valence-corrected chi connectivity index (χ3v) is 5.58. The summed E-state index contributed by atoms with van der Waals surface area (Å²) < 4.78 is 11.2. The summed E-state index contributed by atoms with van der Waals surface area (Å²) >= 11 is 1.00. The van der Waals surface area contributed by atoms with Crippen molar-refractivity contribution in [1.82, 2.24) is 10.2 Å². The molecule has 2 heterocycles. The van der Waals surface area contributed by atoms with Crippen molar-refractivity contribution in [3.63, 3.8) is 0 Å². The van der Waals surface area contributed by atoms with Crippen molar-refractivity contribution in [2.75, 3.05) is 19.9 Å². The minimum absolute atomic E-state index is 0.0514. The predicted octanol–water partition coefficient (Wildman–Crippen LogP) is 2.16. The van der Waals surface area contributed by atoms with Gasteiger partial charge in [0, 0.05) is 6.07 Å². The Morgan fingerprint density at radius 3 is 2.69 bits per heavy atom. The molecule has 2 aromatic carbocycles. The molecule has 2 aromatic rings. The summed E-state index contributed by atoms with van der Waals surface area (Å²) in [6.45, 7) is 0.733. The van der Waals surface area contributed by atoms with Gasteiger partial charge in [0.2, 0.25) is 5.91 Å². The van der Waals surface area contributed by atoms with E-state index in [1.165, 1.54) is 23.1 Å². The minimum atomic E-state index is -0.399. The Bertz CT molecular complexity index is 962. The number of ether oxygens (including phenoxy) is 2. The molecular weight excluding hydrogens is 396 g/mol. The zero-order valence-corrected chi connectivity index (χ0v) is 16.1. The molecule has 0 radical (unpaired) electrons. The number of hydrogen-bond acceptors (Lipinski definition) is 7. The summed E-state index contributed by atoms with van der Waals surface area (Å²) in [5.74, 6) is 0.635. The lowest BCUT2D eigenvalue weighted by Gasteiger charge is -2.28. The molecule has 2 aliphatic rings. The highest BCUT2D eigenvalue weighted by Gasteiger charge is 2.31. The Hall–Kier alpha value is -3.20. The quantitative estimate of drug-likeness (QED) is 0.746. The zero-order chi connectivity index (χ0) is 20.4. The average Bonchev–Trinajstić information content (AvgIpc) is 3.01. The van der Waals surface area contributed by atoms with E-state index in [0.29, 0.717) is 30.0 Å². The first-order chi connectivity index (χ1) is 14.0. The van der Waals surface area contributed by atoms with E-state index in [-0.39, 0.29) is 36.1 Å². The molecule has 1 atom stereocenters. The van der Waals surface area contributed by atoms with E-state index in [2.05, 4.69) is 5.32 Å². The minimum Gasteiger partial charge on any atom is -0.508 e. The highest BCUT2D eigenvalue weighted by Crippen LogP contribution is 2.28. The fourth-order valence-electron chi connectivity index (χ4n) is 3.09. The van der Waals surface area contributed by atoms with Crippen LogP contribution in [0.4, 0.5) is 4.79 Å². The lowest BCUT2D eigenvalue weighted by Crippen LogP contribution is -2.40. The zero-order valence-electron chi connectivity index (χ0n) is 15.3. The third-order valence-electron chi connectivity index (χ3n) is 4.60. The number of fused-ring (bicyclic) bond motifs is 1. The number of phenols is 1. The number of phenolic OH excluding ortho intramolecular Hbond substituents is 1. The normalized spacial score (nSPS) is 18.3. The number of rotatable bonds is 6. The molecule has 4 rings (SSSR count). The number of hydrogen-bond donors (Lipinski definition) is 2. The van der Waals surface area contributed by atoms with Crippen LogP contribution in [0, 0.1) is 0 Å². The molecule has 3 amide bonds. The van der Waals surface area contributed by atoms with Gasteiger partial charge in [-0.05, 0) is 36.2 Å². The van der Waals surface area contributed by atoms with Gasteiger partial charge in [-0.3, -0.25) is 19.7 Å². The van der Waals surface area contributed by atoms with Gasteiger partial charge in [0.05, 0.1) is 17.4 Å². The molecular formula is C20H18N2O6S. The number of carbonyl (C=O) groups excluding carboxylic acids is 3. The number of thioether (sulfide) groups is 1. The van der Waals surface area contributed by atoms with Crippen LogP contribution in [-0.4, -0.2) is 52.2 Å². The van der Waals surface area contributed by atoms with Crippen molar-refractivity contribution in [2.24, 2.45) is 0 Å². The molecule has 2 N–H and O–H groups in total. The number of aromatic hydroxyl groups is 1. The number of carbonyl (C=O) groups is 3. The molecule has 0 saturated carbocycles. The first-order valence-electron chi connectivity index (χ1n) is 8.98. The molecule has 150 valence electrons. The van der Waals surface area contributed by atoms with Gasteiger partial charge in [-0.1, -0.05) is 23.9 Å². The number of nitrogens with zero attached hydrogens (tertiary/aromatic N) is 1. The predicted molar refractivity (Wildman–Crippen MR) is 105 cm³/mol. The van der Waals surface area contributed by atoms with Crippen LogP contribution in [0.1, 0.15) is 15.9 Å². The van der Waals surface area contributed by atoms with Gasteiger partial charge < -0.3 is 19.5 Å².